The van der Waals surface area contributed by atoms with Crippen LogP contribution >= 0.6 is 11.6 Å². The van der Waals surface area contributed by atoms with E-state index in [1.165, 1.54) is 11.1 Å². The van der Waals surface area contributed by atoms with Crippen LogP contribution in [0.1, 0.15) is 56.3 Å². The summed E-state index contributed by atoms with van der Waals surface area (Å²) in [6.07, 6.45) is -0.207. The molecule has 0 aliphatic carbocycles. The summed E-state index contributed by atoms with van der Waals surface area (Å²) in [5.74, 6) is 1.70. The van der Waals surface area contributed by atoms with Gasteiger partial charge in [0.05, 0.1) is 11.0 Å². The highest BCUT2D eigenvalue weighted by Gasteiger charge is 2.19. The third-order valence-corrected chi connectivity index (χ3v) is 6.07. The molecule has 4 aromatic rings. The first-order valence-electron chi connectivity index (χ1n) is 10.7. The third kappa shape index (κ3) is 4.62. The number of ether oxygens (including phenoxy) is 1. The van der Waals surface area contributed by atoms with Gasteiger partial charge in [-0.05, 0) is 66.3 Å². The Morgan fingerprint density at radius 3 is 2.39 bits per heavy atom. The van der Waals surface area contributed by atoms with E-state index in [1.807, 2.05) is 38.1 Å². The molecule has 0 saturated heterocycles. The largest absolute Gasteiger partial charge is 0.483 e. The molecule has 0 bridgehead atoms. The molecule has 0 spiro atoms. The summed E-state index contributed by atoms with van der Waals surface area (Å²) in [6, 6.07) is 22.9. The zero-order valence-electron chi connectivity index (χ0n) is 18.8. The van der Waals surface area contributed by atoms with Gasteiger partial charge in [0.2, 0.25) is 0 Å². The van der Waals surface area contributed by atoms with E-state index < -0.39 is 0 Å². The molecule has 0 radical (unpaired) electrons. The molecule has 0 fully saturated rings. The normalized spacial score (nSPS) is 12.8. The van der Waals surface area contributed by atoms with E-state index in [0.717, 1.165) is 39.7 Å². The van der Waals surface area contributed by atoms with E-state index in [1.54, 1.807) is 0 Å². The van der Waals surface area contributed by atoms with Gasteiger partial charge in [0.25, 0.3) is 0 Å². The van der Waals surface area contributed by atoms with E-state index in [9.17, 15) is 0 Å². The van der Waals surface area contributed by atoms with Gasteiger partial charge in [-0.25, -0.2) is 4.98 Å². The van der Waals surface area contributed by atoms with Crippen molar-refractivity contribution >= 4 is 22.6 Å². The average molecular weight is 433 g/mol. The van der Waals surface area contributed by atoms with Gasteiger partial charge >= 0.3 is 0 Å². The van der Waals surface area contributed by atoms with Crippen molar-refractivity contribution in [1.82, 2.24) is 9.55 Å². The first-order valence-corrected chi connectivity index (χ1v) is 11.1. The number of benzene rings is 3. The zero-order chi connectivity index (χ0) is 22.2. The van der Waals surface area contributed by atoms with Gasteiger partial charge in [0, 0.05) is 11.6 Å². The lowest BCUT2D eigenvalue weighted by molar-refractivity contribution is 0.212. The van der Waals surface area contributed by atoms with Crippen molar-refractivity contribution in [2.24, 2.45) is 0 Å². The molecular weight excluding hydrogens is 404 g/mol. The standard InChI is InChI=1S/C27H29ClN2O/c1-18-16-22(14-15-23(18)28)31-19(2)26-29-24-8-6-7-9-25(24)30(26)17-20-10-12-21(13-11-20)27(3,4)5/h6-16,19H,17H2,1-5H3. The molecule has 0 aliphatic rings. The Morgan fingerprint density at radius 1 is 1.00 bits per heavy atom. The molecule has 4 heteroatoms. The Morgan fingerprint density at radius 2 is 1.71 bits per heavy atom. The monoisotopic (exact) mass is 432 g/mol. The van der Waals surface area contributed by atoms with E-state index >= 15 is 0 Å². The molecule has 1 atom stereocenters. The maximum Gasteiger partial charge on any atom is 0.153 e. The lowest BCUT2D eigenvalue weighted by Gasteiger charge is -2.20. The number of aryl methyl sites for hydroxylation is 1. The smallest absolute Gasteiger partial charge is 0.153 e. The molecule has 31 heavy (non-hydrogen) atoms. The Hall–Kier alpha value is -2.78. The van der Waals surface area contributed by atoms with Gasteiger partial charge in [-0.15, -0.1) is 0 Å². The Balaban J connectivity index is 1.67. The van der Waals surface area contributed by atoms with Crippen molar-refractivity contribution in [3.63, 3.8) is 0 Å². The molecule has 1 heterocycles. The van der Waals surface area contributed by atoms with Gasteiger partial charge < -0.3 is 9.30 Å². The van der Waals surface area contributed by atoms with Gasteiger partial charge in [-0.2, -0.15) is 0 Å². The molecule has 0 aliphatic heterocycles. The minimum atomic E-state index is -0.207. The zero-order valence-corrected chi connectivity index (χ0v) is 19.6. The number of aromatic nitrogens is 2. The van der Waals surface area contributed by atoms with Crippen LogP contribution in [0.2, 0.25) is 5.02 Å². The van der Waals surface area contributed by atoms with Crippen LogP contribution in [0.25, 0.3) is 11.0 Å². The summed E-state index contributed by atoms with van der Waals surface area (Å²) >= 11 is 6.17. The fourth-order valence-electron chi connectivity index (χ4n) is 3.81. The number of hydrogen-bond donors (Lipinski definition) is 0. The summed E-state index contributed by atoms with van der Waals surface area (Å²) in [7, 11) is 0. The second kappa shape index (κ2) is 8.39. The van der Waals surface area contributed by atoms with E-state index in [0.29, 0.717) is 0 Å². The van der Waals surface area contributed by atoms with Crippen molar-refractivity contribution in [3.8, 4) is 5.75 Å². The minimum absolute atomic E-state index is 0.143. The second-order valence-electron chi connectivity index (χ2n) is 9.16. The molecule has 0 N–H and O–H groups in total. The number of para-hydroxylation sites is 2. The van der Waals surface area contributed by atoms with Gasteiger partial charge in [0.15, 0.2) is 11.9 Å². The fraction of sp³-hybridized carbons (Fsp3) is 0.296. The second-order valence-corrected chi connectivity index (χ2v) is 9.57. The topological polar surface area (TPSA) is 27.1 Å². The van der Waals surface area contributed by atoms with Crippen LogP contribution in [0.5, 0.6) is 5.75 Å². The maximum atomic E-state index is 6.27. The van der Waals surface area contributed by atoms with Crippen LogP contribution in [0.3, 0.4) is 0 Å². The Bertz CT molecular complexity index is 1200. The molecule has 3 aromatic carbocycles. The average Bonchev–Trinajstić information content (AvgIpc) is 3.09. The van der Waals surface area contributed by atoms with E-state index in [-0.39, 0.29) is 11.5 Å². The van der Waals surface area contributed by atoms with Crippen LogP contribution in [0.15, 0.2) is 66.7 Å². The van der Waals surface area contributed by atoms with Crippen LogP contribution in [0.4, 0.5) is 0 Å². The lowest BCUT2D eigenvalue weighted by atomic mass is 9.87. The molecule has 0 saturated carbocycles. The highest BCUT2D eigenvalue weighted by atomic mass is 35.5. The Kier molecular flexibility index (Phi) is 5.81. The van der Waals surface area contributed by atoms with E-state index in [2.05, 4.69) is 67.8 Å². The summed E-state index contributed by atoms with van der Waals surface area (Å²) in [5, 5.41) is 0.742. The predicted octanol–water partition coefficient (Wildman–Crippen LogP) is 7.48. The van der Waals surface area contributed by atoms with Crippen molar-refractivity contribution in [3.05, 3.63) is 94.3 Å². The summed E-state index contributed by atoms with van der Waals surface area (Å²) < 4.78 is 8.52. The van der Waals surface area contributed by atoms with Crippen molar-refractivity contribution in [2.45, 2.75) is 52.7 Å². The van der Waals surface area contributed by atoms with Crippen LogP contribution in [0, 0.1) is 6.92 Å². The van der Waals surface area contributed by atoms with Crippen LogP contribution in [-0.4, -0.2) is 9.55 Å². The third-order valence-electron chi connectivity index (χ3n) is 5.65. The minimum Gasteiger partial charge on any atom is -0.483 e. The molecule has 3 nitrogen and oxygen atoms in total. The highest BCUT2D eigenvalue weighted by molar-refractivity contribution is 6.31. The van der Waals surface area contributed by atoms with Crippen LogP contribution < -0.4 is 4.74 Å². The first-order chi connectivity index (χ1) is 14.7. The van der Waals surface area contributed by atoms with Crippen molar-refractivity contribution < 1.29 is 4.74 Å². The number of rotatable bonds is 5. The molecule has 160 valence electrons. The number of fused-ring (bicyclic) bond motifs is 1. The summed E-state index contributed by atoms with van der Waals surface area (Å²) in [4.78, 5) is 4.91. The molecule has 1 unspecified atom stereocenters. The number of imidazole rings is 1. The maximum absolute atomic E-state index is 6.27. The molecular formula is C27H29ClN2O. The van der Waals surface area contributed by atoms with Gasteiger partial charge in [0.1, 0.15) is 5.75 Å². The quantitative estimate of drug-likeness (QED) is 0.326. The molecule has 1 aromatic heterocycles. The summed E-state index contributed by atoms with van der Waals surface area (Å²) in [5.41, 5.74) is 5.81. The SMILES string of the molecule is Cc1cc(OC(C)c2nc3ccccc3n2Cc2ccc(C(C)(C)C)cc2)ccc1Cl. The number of hydrogen-bond acceptors (Lipinski definition) is 2. The highest BCUT2D eigenvalue weighted by Crippen LogP contribution is 2.29. The molecule has 0 amide bonds. The van der Waals surface area contributed by atoms with Crippen molar-refractivity contribution in [1.29, 1.82) is 0 Å². The van der Waals surface area contributed by atoms with Crippen LogP contribution in [-0.2, 0) is 12.0 Å². The van der Waals surface area contributed by atoms with Gasteiger partial charge in [-0.3, -0.25) is 0 Å². The van der Waals surface area contributed by atoms with Gasteiger partial charge in [-0.1, -0.05) is 68.8 Å². The summed E-state index contributed by atoms with van der Waals surface area (Å²) in [6.45, 7) is 11.5. The molecule has 4 rings (SSSR count). The first kappa shape index (κ1) is 21.5. The van der Waals surface area contributed by atoms with Crippen molar-refractivity contribution in [2.75, 3.05) is 0 Å². The Labute approximate surface area is 189 Å². The fourth-order valence-corrected chi connectivity index (χ4v) is 3.93. The lowest BCUT2D eigenvalue weighted by Crippen LogP contribution is -2.13. The predicted molar refractivity (Wildman–Crippen MR) is 129 cm³/mol. The van der Waals surface area contributed by atoms with E-state index in [4.69, 9.17) is 21.3 Å². The number of halogens is 1. The number of nitrogens with zero attached hydrogens (tertiary/aromatic N) is 2.